The highest BCUT2D eigenvalue weighted by molar-refractivity contribution is 8.14. The molecule has 0 unspecified atom stereocenters. The topological polar surface area (TPSA) is 15.6 Å². The summed E-state index contributed by atoms with van der Waals surface area (Å²) in [6.07, 6.45) is 0. The van der Waals surface area contributed by atoms with Crippen LogP contribution >= 0.6 is 11.8 Å². The van der Waals surface area contributed by atoms with Gasteiger partial charge in [-0.3, -0.25) is 0 Å². The summed E-state index contributed by atoms with van der Waals surface area (Å²) in [5.41, 5.74) is 2.48. The van der Waals surface area contributed by atoms with Gasteiger partial charge < -0.3 is 4.90 Å². The Bertz CT molecular complexity index is 432. The Balaban J connectivity index is 2.31. The van der Waals surface area contributed by atoms with Crippen LogP contribution in [0.15, 0.2) is 29.3 Å². The minimum atomic E-state index is 0.158. The van der Waals surface area contributed by atoms with Gasteiger partial charge in [-0.2, -0.15) is 0 Å². The maximum Gasteiger partial charge on any atom is 0.164 e. The summed E-state index contributed by atoms with van der Waals surface area (Å²) in [7, 11) is 0. The highest BCUT2D eigenvalue weighted by Crippen LogP contribution is 2.29. The SMILES string of the molecule is Cc1ccccc1N=C1SCCN1C(C)(C)C. The number of amidine groups is 1. The molecule has 0 spiro atoms. The van der Waals surface area contributed by atoms with Crippen molar-refractivity contribution in [2.75, 3.05) is 12.3 Å². The van der Waals surface area contributed by atoms with E-state index in [0.717, 1.165) is 23.2 Å². The third-order valence-electron chi connectivity index (χ3n) is 2.92. The Morgan fingerprint density at radius 3 is 2.59 bits per heavy atom. The Hall–Kier alpha value is -0.960. The Morgan fingerprint density at radius 2 is 1.94 bits per heavy atom. The number of rotatable bonds is 1. The average Bonchev–Trinajstić information content (AvgIpc) is 2.69. The van der Waals surface area contributed by atoms with Gasteiger partial charge >= 0.3 is 0 Å². The van der Waals surface area contributed by atoms with E-state index in [1.165, 1.54) is 5.56 Å². The quantitative estimate of drug-likeness (QED) is 0.750. The molecule has 1 heterocycles. The lowest BCUT2D eigenvalue weighted by Crippen LogP contribution is -2.41. The van der Waals surface area contributed by atoms with E-state index < -0.39 is 0 Å². The number of aliphatic imine (C=N–C) groups is 1. The summed E-state index contributed by atoms with van der Waals surface area (Å²) in [4.78, 5) is 7.20. The number of aryl methyl sites for hydroxylation is 1. The minimum Gasteiger partial charge on any atom is -0.346 e. The molecule has 0 atom stereocenters. The second-order valence-corrected chi connectivity index (χ2v) is 6.41. The Kier molecular flexibility index (Phi) is 3.48. The normalized spacial score (nSPS) is 19.1. The van der Waals surface area contributed by atoms with Crippen LogP contribution in [0.2, 0.25) is 0 Å². The predicted molar refractivity (Wildman–Crippen MR) is 77.2 cm³/mol. The molecule has 0 aromatic heterocycles. The first-order valence-electron chi connectivity index (χ1n) is 6.03. The van der Waals surface area contributed by atoms with Gasteiger partial charge in [0.15, 0.2) is 5.17 Å². The van der Waals surface area contributed by atoms with Crippen LogP contribution in [0, 0.1) is 6.92 Å². The van der Waals surface area contributed by atoms with Gasteiger partial charge in [0, 0.05) is 17.8 Å². The van der Waals surface area contributed by atoms with E-state index >= 15 is 0 Å². The predicted octanol–water partition coefficient (Wildman–Crippen LogP) is 3.83. The molecule has 3 heteroatoms. The zero-order valence-electron chi connectivity index (χ0n) is 11.0. The molecule has 17 heavy (non-hydrogen) atoms. The number of nitrogens with zero attached hydrogens (tertiary/aromatic N) is 2. The molecule has 1 fully saturated rings. The number of thioether (sulfide) groups is 1. The first-order chi connectivity index (χ1) is 7.98. The number of hydrogen-bond acceptors (Lipinski definition) is 2. The zero-order valence-corrected chi connectivity index (χ0v) is 11.8. The highest BCUT2D eigenvalue weighted by Gasteiger charge is 2.29. The van der Waals surface area contributed by atoms with E-state index in [4.69, 9.17) is 4.99 Å². The molecule has 2 rings (SSSR count). The molecule has 1 aliphatic heterocycles. The summed E-state index contributed by atoms with van der Waals surface area (Å²) >= 11 is 1.86. The summed E-state index contributed by atoms with van der Waals surface area (Å²) in [5.74, 6) is 1.14. The molecule has 1 aromatic carbocycles. The molecule has 1 aliphatic rings. The second-order valence-electron chi connectivity index (χ2n) is 5.35. The van der Waals surface area contributed by atoms with Gasteiger partial charge in [-0.05, 0) is 39.3 Å². The van der Waals surface area contributed by atoms with Crippen molar-refractivity contribution in [3.05, 3.63) is 29.8 Å². The fraction of sp³-hybridized carbons (Fsp3) is 0.500. The van der Waals surface area contributed by atoms with Crippen LogP contribution in [-0.2, 0) is 0 Å². The largest absolute Gasteiger partial charge is 0.346 e. The van der Waals surface area contributed by atoms with Crippen LogP contribution in [0.3, 0.4) is 0 Å². The molecular weight excluding hydrogens is 228 g/mol. The van der Waals surface area contributed by atoms with Crippen molar-refractivity contribution in [2.45, 2.75) is 33.2 Å². The lowest BCUT2D eigenvalue weighted by Gasteiger charge is -2.33. The van der Waals surface area contributed by atoms with Crippen molar-refractivity contribution in [2.24, 2.45) is 4.99 Å². The molecule has 92 valence electrons. The van der Waals surface area contributed by atoms with Gasteiger partial charge in [-0.25, -0.2) is 4.99 Å². The van der Waals surface area contributed by atoms with Gasteiger partial charge in [0.05, 0.1) is 5.69 Å². The second kappa shape index (κ2) is 4.73. The number of para-hydroxylation sites is 1. The summed E-state index contributed by atoms with van der Waals surface area (Å²) in [6.45, 7) is 9.93. The Morgan fingerprint density at radius 1 is 1.24 bits per heavy atom. The van der Waals surface area contributed by atoms with E-state index in [-0.39, 0.29) is 5.54 Å². The van der Waals surface area contributed by atoms with E-state index in [0.29, 0.717) is 0 Å². The third-order valence-corrected chi connectivity index (χ3v) is 3.87. The van der Waals surface area contributed by atoms with Crippen molar-refractivity contribution in [1.29, 1.82) is 0 Å². The van der Waals surface area contributed by atoms with E-state index in [1.807, 2.05) is 17.8 Å². The maximum absolute atomic E-state index is 4.81. The molecule has 0 bridgehead atoms. The molecule has 2 nitrogen and oxygen atoms in total. The first kappa shape index (κ1) is 12.5. The molecular formula is C14H20N2S. The molecule has 1 aromatic rings. The van der Waals surface area contributed by atoms with Crippen molar-refractivity contribution in [3.8, 4) is 0 Å². The summed E-state index contributed by atoms with van der Waals surface area (Å²) in [5, 5.41) is 1.16. The van der Waals surface area contributed by atoms with Crippen LogP contribution in [0.4, 0.5) is 5.69 Å². The summed E-state index contributed by atoms with van der Waals surface area (Å²) in [6, 6.07) is 8.30. The van der Waals surface area contributed by atoms with Crippen LogP contribution in [0.1, 0.15) is 26.3 Å². The molecule has 0 N–H and O–H groups in total. The lowest BCUT2D eigenvalue weighted by atomic mass is 10.1. The van der Waals surface area contributed by atoms with Crippen molar-refractivity contribution < 1.29 is 0 Å². The smallest absolute Gasteiger partial charge is 0.164 e. The van der Waals surface area contributed by atoms with Crippen molar-refractivity contribution >= 4 is 22.6 Å². The van der Waals surface area contributed by atoms with Gasteiger partial charge in [-0.1, -0.05) is 30.0 Å². The van der Waals surface area contributed by atoms with E-state index in [9.17, 15) is 0 Å². The highest BCUT2D eigenvalue weighted by atomic mass is 32.2. The minimum absolute atomic E-state index is 0.158. The third kappa shape index (κ3) is 2.83. The van der Waals surface area contributed by atoms with Crippen LogP contribution in [0.5, 0.6) is 0 Å². The lowest BCUT2D eigenvalue weighted by molar-refractivity contribution is 0.260. The fourth-order valence-electron chi connectivity index (χ4n) is 1.91. The molecule has 0 saturated carbocycles. The average molecular weight is 248 g/mol. The van der Waals surface area contributed by atoms with Gasteiger partial charge in [0.1, 0.15) is 0 Å². The zero-order chi connectivity index (χ0) is 12.5. The van der Waals surface area contributed by atoms with Crippen molar-refractivity contribution in [1.82, 2.24) is 4.90 Å². The van der Waals surface area contributed by atoms with Crippen LogP contribution in [0.25, 0.3) is 0 Å². The standard InChI is InChI=1S/C14H20N2S/c1-11-7-5-6-8-12(11)15-13-16(9-10-17-13)14(2,3)4/h5-8H,9-10H2,1-4H3. The van der Waals surface area contributed by atoms with Crippen LogP contribution in [-0.4, -0.2) is 27.9 Å². The van der Waals surface area contributed by atoms with Gasteiger partial charge in [0.2, 0.25) is 0 Å². The molecule has 0 aliphatic carbocycles. The summed E-state index contributed by atoms with van der Waals surface area (Å²) < 4.78 is 0. The van der Waals surface area contributed by atoms with Gasteiger partial charge in [-0.15, -0.1) is 0 Å². The molecule has 0 amide bonds. The number of benzene rings is 1. The monoisotopic (exact) mass is 248 g/mol. The van der Waals surface area contributed by atoms with E-state index in [2.05, 4.69) is 50.8 Å². The Labute approximate surface area is 108 Å². The number of hydrogen-bond donors (Lipinski definition) is 0. The van der Waals surface area contributed by atoms with Crippen molar-refractivity contribution in [3.63, 3.8) is 0 Å². The maximum atomic E-state index is 4.81. The van der Waals surface area contributed by atoms with E-state index in [1.54, 1.807) is 0 Å². The molecule has 0 radical (unpaired) electrons. The van der Waals surface area contributed by atoms with Crippen LogP contribution < -0.4 is 0 Å². The fourth-order valence-corrected chi connectivity index (χ4v) is 3.05. The molecule has 1 saturated heterocycles. The first-order valence-corrected chi connectivity index (χ1v) is 7.02. The van der Waals surface area contributed by atoms with Gasteiger partial charge in [0.25, 0.3) is 0 Å².